The first kappa shape index (κ1) is 14.7. The molecule has 1 N–H and O–H groups in total. The molecular weight excluding hydrogens is 274 g/mol. The Morgan fingerprint density at radius 2 is 2.00 bits per heavy atom. The van der Waals surface area contributed by atoms with E-state index in [1.807, 2.05) is 22.4 Å². The van der Waals surface area contributed by atoms with E-state index in [1.165, 1.54) is 11.3 Å². The topological polar surface area (TPSA) is 52.7 Å². The third-order valence-corrected chi connectivity index (χ3v) is 4.07. The van der Waals surface area contributed by atoms with Crippen molar-refractivity contribution in [1.82, 2.24) is 15.1 Å². The molecule has 0 radical (unpaired) electrons. The minimum atomic E-state index is 0.0666. The van der Waals surface area contributed by atoms with Crippen molar-refractivity contribution in [3.05, 3.63) is 35.0 Å². The van der Waals surface area contributed by atoms with Crippen molar-refractivity contribution in [2.75, 3.05) is 39.3 Å². The summed E-state index contributed by atoms with van der Waals surface area (Å²) < 4.78 is 0. The van der Waals surface area contributed by atoms with Gasteiger partial charge in [-0.3, -0.25) is 9.59 Å². The van der Waals surface area contributed by atoms with E-state index < -0.39 is 0 Å². The molecule has 1 saturated heterocycles. The number of nitrogens with one attached hydrogen (secondary N) is 1. The second-order valence-electron chi connectivity index (χ2n) is 4.57. The molecule has 0 aliphatic carbocycles. The van der Waals surface area contributed by atoms with E-state index >= 15 is 0 Å². The predicted molar refractivity (Wildman–Crippen MR) is 79.9 cm³/mol. The zero-order chi connectivity index (χ0) is 14.4. The lowest BCUT2D eigenvalue weighted by atomic mass is 10.3. The molecule has 2 heterocycles. The molecule has 0 saturated carbocycles. The number of hydrogen-bond donors (Lipinski definition) is 1. The summed E-state index contributed by atoms with van der Waals surface area (Å²) >= 11 is 1.45. The average Bonchev–Trinajstić information content (AvgIpc) is 3.01. The van der Waals surface area contributed by atoms with Gasteiger partial charge in [0.2, 0.25) is 5.91 Å². The molecular formula is C14H19N3O2S. The van der Waals surface area contributed by atoms with Gasteiger partial charge in [-0.1, -0.05) is 12.1 Å². The first-order chi connectivity index (χ1) is 9.72. The lowest BCUT2D eigenvalue weighted by Gasteiger charge is -2.34. The number of nitrogens with zero attached hydrogens (tertiary/aromatic N) is 2. The molecule has 2 rings (SSSR count). The zero-order valence-electron chi connectivity index (χ0n) is 11.4. The van der Waals surface area contributed by atoms with Crippen LogP contribution in [0.15, 0.2) is 30.2 Å². The van der Waals surface area contributed by atoms with Crippen LogP contribution in [0.1, 0.15) is 9.67 Å². The Bertz CT molecular complexity index is 465. The standard InChI is InChI=1S/C14H19N3O2S/c1-2-5-15-11-13(18)16-6-8-17(9-7-16)14(19)12-4-3-10-20-12/h2-4,10,15H,1,5-9,11H2. The number of thiophene rings is 1. The van der Waals surface area contributed by atoms with Gasteiger partial charge in [-0.2, -0.15) is 0 Å². The Labute approximate surface area is 122 Å². The SMILES string of the molecule is C=CCNCC(=O)N1CCN(C(=O)c2cccs2)CC1. The summed E-state index contributed by atoms with van der Waals surface area (Å²) in [6.07, 6.45) is 1.73. The highest BCUT2D eigenvalue weighted by Crippen LogP contribution is 2.13. The van der Waals surface area contributed by atoms with Crippen molar-refractivity contribution in [2.45, 2.75) is 0 Å². The Morgan fingerprint density at radius 1 is 1.30 bits per heavy atom. The van der Waals surface area contributed by atoms with Crippen molar-refractivity contribution in [3.8, 4) is 0 Å². The minimum absolute atomic E-state index is 0.0666. The normalized spacial score (nSPS) is 15.2. The maximum absolute atomic E-state index is 12.2. The molecule has 0 aromatic carbocycles. The van der Waals surface area contributed by atoms with E-state index in [4.69, 9.17) is 0 Å². The van der Waals surface area contributed by atoms with Crippen LogP contribution in [0.5, 0.6) is 0 Å². The number of carbonyl (C=O) groups is 2. The molecule has 108 valence electrons. The Kier molecular flexibility index (Phi) is 5.31. The fourth-order valence-electron chi connectivity index (χ4n) is 2.11. The van der Waals surface area contributed by atoms with Gasteiger partial charge >= 0.3 is 0 Å². The van der Waals surface area contributed by atoms with Gasteiger partial charge in [-0.15, -0.1) is 17.9 Å². The summed E-state index contributed by atoms with van der Waals surface area (Å²) in [4.78, 5) is 28.4. The quantitative estimate of drug-likeness (QED) is 0.645. The lowest BCUT2D eigenvalue weighted by molar-refractivity contribution is -0.131. The van der Waals surface area contributed by atoms with E-state index in [1.54, 1.807) is 11.0 Å². The van der Waals surface area contributed by atoms with Crippen molar-refractivity contribution in [2.24, 2.45) is 0 Å². The lowest BCUT2D eigenvalue weighted by Crippen LogP contribution is -2.52. The summed E-state index contributed by atoms with van der Waals surface area (Å²) in [6, 6.07) is 3.71. The summed E-state index contributed by atoms with van der Waals surface area (Å²) in [5.41, 5.74) is 0. The van der Waals surface area contributed by atoms with Gasteiger partial charge in [-0.25, -0.2) is 0 Å². The van der Waals surface area contributed by atoms with Crippen LogP contribution in [0.2, 0.25) is 0 Å². The second-order valence-corrected chi connectivity index (χ2v) is 5.52. The first-order valence-corrected chi connectivity index (χ1v) is 7.52. The van der Waals surface area contributed by atoms with Crippen LogP contribution in [-0.4, -0.2) is 60.9 Å². The molecule has 1 aliphatic heterocycles. The number of carbonyl (C=O) groups excluding carboxylic acids is 2. The molecule has 5 nitrogen and oxygen atoms in total. The number of rotatable bonds is 5. The van der Waals surface area contributed by atoms with E-state index in [0.29, 0.717) is 39.3 Å². The largest absolute Gasteiger partial charge is 0.338 e. The van der Waals surface area contributed by atoms with Gasteiger partial charge in [0, 0.05) is 32.7 Å². The fourth-order valence-corrected chi connectivity index (χ4v) is 2.80. The molecule has 6 heteroatoms. The van der Waals surface area contributed by atoms with Crippen LogP contribution in [0.4, 0.5) is 0 Å². The molecule has 0 spiro atoms. The molecule has 0 atom stereocenters. The summed E-state index contributed by atoms with van der Waals surface area (Å²) in [5, 5.41) is 4.90. The maximum atomic E-state index is 12.2. The molecule has 1 fully saturated rings. The molecule has 1 aliphatic rings. The monoisotopic (exact) mass is 293 g/mol. The second kappa shape index (κ2) is 7.21. The molecule has 1 aromatic rings. The van der Waals surface area contributed by atoms with Crippen molar-refractivity contribution in [3.63, 3.8) is 0 Å². The van der Waals surface area contributed by atoms with E-state index in [-0.39, 0.29) is 11.8 Å². The highest BCUT2D eigenvalue weighted by Gasteiger charge is 2.24. The molecule has 2 amide bonds. The minimum Gasteiger partial charge on any atom is -0.338 e. The fraction of sp³-hybridized carbons (Fsp3) is 0.429. The Hall–Kier alpha value is -1.66. The van der Waals surface area contributed by atoms with Gasteiger partial charge in [0.1, 0.15) is 0 Å². The van der Waals surface area contributed by atoms with Gasteiger partial charge in [0.25, 0.3) is 5.91 Å². The average molecular weight is 293 g/mol. The highest BCUT2D eigenvalue weighted by atomic mass is 32.1. The van der Waals surface area contributed by atoms with Crippen LogP contribution in [0.3, 0.4) is 0 Å². The molecule has 1 aromatic heterocycles. The van der Waals surface area contributed by atoms with Gasteiger partial charge in [-0.05, 0) is 11.4 Å². The van der Waals surface area contributed by atoms with Gasteiger partial charge in [0.15, 0.2) is 0 Å². The van der Waals surface area contributed by atoms with Crippen molar-refractivity contribution < 1.29 is 9.59 Å². The maximum Gasteiger partial charge on any atom is 0.264 e. The van der Waals surface area contributed by atoms with Crippen LogP contribution < -0.4 is 5.32 Å². The summed E-state index contributed by atoms with van der Waals surface area (Å²) in [5.74, 6) is 0.145. The predicted octanol–water partition coefficient (Wildman–Crippen LogP) is 0.808. The number of amides is 2. The highest BCUT2D eigenvalue weighted by molar-refractivity contribution is 7.12. The van der Waals surface area contributed by atoms with Gasteiger partial charge in [0.05, 0.1) is 11.4 Å². The zero-order valence-corrected chi connectivity index (χ0v) is 12.2. The van der Waals surface area contributed by atoms with Crippen LogP contribution >= 0.6 is 11.3 Å². The van der Waals surface area contributed by atoms with Gasteiger partial charge < -0.3 is 15.1 Å². The molecule has 0 bridgehead atoms. The van der Waals surface area contributed by atoms with Crippen molar-refractivity contribution >= 4 is 23.2 Å². The Morgan fingerprint density at radius 3 is 2.60 bits per heavy atom. The summed E-state index contributed by atoms with van der Waals surface area (Å²) in [6.45, 7) is 6.95. The van der Waals surface area contributed by atoms with Crippen LogP contribution in [-0.2, 0) is 4.79 Å². The third kappa shape index (κ3) is 3.68. The number of piperazine rings is 1. The van der Waals surface area contributed by atoms with E-state index in [9.17, 15) is 9.59 Å². The third-order valence-electron chi connectivity index (χ3n) is 3.22. The summed E-state index contributed by atoms with van der Waals surface area (Å²) in [7, 11) is 0. The van der Waals surface area contributed by atoms with Crippen LogP contribution in [0, 0.1) is 0 Å². The molecule has 0 unspecified atom stereocenters. The number of hydrogen-bond acceptors (Lipinski definition) is 4. The smallest absolute Gasteiger partial charge is 0.264 e. The molecule has 20 heavy (non-hydrogen) atoms. The first-order valence-electron chi connectivity index (χ1n) is 6.64. The Balaban J connectivity index is 1.79. The van der Waals surface area contributed by atoms with E-state index in [2.05, 4.69) is 11.9 Å². The van der Waals surface area contributed by atoms with Crippen LogP contribution in [0.25, 0.3) is 0 Å². The van der Waals surface area contributed by atoms with E-state index in [0.717, 1.165) is 4.88 Å². The van der Waals surface area contributed by atoms with Crippen molar-refractivity contribution in [1.29, 1.82) is 0 Å².